The smallest absolute Gasteiger partial charge is 0.252 e. The molecule has 0 fully saturated rings. The van der Waals surface area contributed by atoms with E-state index in [1.165, 1.54) is 0 Å². The summed E-state index contributed by atoms with van der Waals surface area (Å²) in [6.45, 7) is 1.31. The summed E-state index contributed by atoms with van der Waals surface area (Å²) in [5.41, 5.74) is 0. The van der Waals surface area contributed by atoms with Crippen LogP contribution in [0.25, 0.3) is 0 Å². The van der Waals surface area contributed by atoms with Crippen LogP contribution < -0.4 is 0 Å². The molecular weight excluding hydrogens is 130 g/mol. The molecule has 0 bridgehead atoms. The van der Waals surface area contributed by atoms with Crippen LogP contribution in [0, 0.1) is 0 Å². The lowest BCUT2D eigenvalue weighted by Gasteiger charge is -2.20. The molecule has 10 heavy (non-hydrogen) atoms. The van der Waals surface area contributed by atoms with Crippen LogP contribution in [0.3, 0.4) is 0 Å². The van der Waals surface area contributed by atoms with E-state index in [4.69, 9.17) is 9.47 Å². The van der Waals surface area contributed by atoms with Gasteiger partial charge in [0, 0.05) is 12.6 Å². The molecular formula is C7H9NO2. The molecule has 3 nitrogen and oxygen atoms in total. The van der Waals surface area contributed by atoms with Gasteiger partial charge in [0.2, 0.25) is 0 Å². The van der Waals surface area contributed by atoms with Gasteiger partial charge in [-0.3, -0.25) is 0 Å². The molecule has 54 valence electrons. The summed E-state index contributed by atoms with van der Waals surface area (Å²) in [6, 6.07) is 0. The summed E-state index contributed by atoms with van der Waals surface area (Å²) in [7, 11) is 0. The minimum atomic E-state index is 0.635. The number of allylic oxidation sites excluding steroid dienone is 1. The second kappa shape index (κ2) is 2.33. The van der Waals surface area contributed by atoms with Gasteiger partial charge in [-0.1, -0.05) is 0 Å². The number of aliphatic imine (C=N–C) groups is 1. The Kier molecular flexibility index (Phi) is 1.34. The summed E-state index contributed by atoms with van der Waals surface area (Å²) < 4.78 is 10.6. The van der Waals surface area contributed by atoms with Gasteiger partial charge in [-0.05, 0) is 6.42 Å². The van der Waals surface area contributed by atoms with Crippen molar-refractivity contribution in [2.45, 2.75) is 12.8 Å². The van der Waals surface area contributed by atoms with E-state index in [2.05, 4.69) is 4.99 Å². The Hall–Kier alpha value is -0.990. The third-order valence-electron chi connectivity index (χ3n) is 1.55. The average Bonchev–Trinajstić information content (AvgIpc) is 2.05. The summed E-state index contributed by atoms with van der Waals surface area (Å²) in [4.78, 5) is 4.06. The first-order valence-corrected chi connectivity index (χ1v) is 3.48. The summed E-state index contributed by atoms with van der Waals surface area (Å²) in [5, 5.41) is 0. The van der Waals surface area contributed by atoms with Crippen LogP contribution in [0.4, 0.5) is 0 Å². The van der Waals surface area contributed by atoms with Crippen LogP contribution in [-0.4, -0.2) is 19.4 Å². The Bertz CT molecular complexity index is 196. The van der Waals surface area contributed by atoms with Crippen molar-refractivity contribution in [2.75, 3.05) is 13.2 Å². The van der Waals surface area contributed by atoms with Crippen LogP contribution in [0.15, 0.2) is 16.6 Å². The molecule has 2 heterocycles. The van der Waals surface area contributed by atoms with Crippen molar-refractivity contribution >= 4 is 6.21 Å². The highest BCUT2D eigenvalue weighted by Gasteiger charge is 2.16. The van der Waals surface area contributed by atoms with Crippen molar-refractivity contribution in [3.8, 4) is 0 Å². The number of nitrogens with zero attached hydrogens (tertiary/aromatic N) is 1. The maximum absolute atomic E-state index is 5.32. The molecule has 0 atom stereocenters. The SMILES string of the molecule is C1=NC2=C(CC1)OCCO2. The lowest BCUT2D eigenvalue weighted by Crippen LogP contribution is -2.15. The Labute approximate surface area is 59.4 Å². The summed E-state index contributed by atoms with van der Waals surface area (Å²) in [5.74, 6) is 1.62. The zero-order valence-electron chi connectivity index (χ0n) is 5.67. The molecule has 0 N–H and O–H groups in total. The van der Waals surface area contributed by atoms with Crippen LogP contribution in [0.1, 0.15) is 12.8 Å². The van der Waals surface area contributed by atoms with Crippen molar-refractivity contribution in [3.05, 3.63) is 11.6 Å². The van der Waals surface area contributed by atoms with E-state index >= 15 is 0 Å². The quantitative estimate of drug-likeness (QED) is 0.502. The molecule has 0 aromatic carbocycles. The van der Waals surface area contributed by atoms with Crippen LogP contribution in [0.5, 0.6) is 0 Å². The third-order valence-corrected chi connectivity index (χ3v) is 1.55. The Morgan fingerprint density at radius 2 is 2.20 bits per heavy atom. The van der Waals surface area contributed by atoms with E-state index in [0.29, 0.717) is 19.1 Å². The Morgan fingerprint density at radius 3 is 3.10 bits per heavy atom. The van der Waals surface area contributed by atoms with Crippen molar-refractivity contribution < 1.29 is 9.47 Å². The van der Waals surface area contributed by atoms with Gasteiger partial charge >= 0.3 is 0 Å². The molecule has 0 unspecified atom stereocenters. The minimum Gasteiger partial charge on any atom is -0.489 e. The highest BCUT2D eigenvalue weighted by Crippen LogP contribution is 2.21. The van der Waals surface area contributed by atoms with Crippen molar-refractivity contribution in [1.29, 1.82) is 0 Å². The van der Waals surface area contributed by atoms with Crippen molar-refractivity contribution in [1.82, 2.24) is 0 Å². The maximum Gasteiger partial charge on any atom is 0.252 e. The number of rotatable bonds is 0. The molecule has 0 saturated carbocycles. The van der Waals surface area contributed by atoms with E-state index in [0.717, 1.165) is 18.6 Å². The first-order chi connectivity index (χ1) is 4.97. The number of hydrogen-bond acceptors (Lipinski definition) is 3. The van der Waals surface area contributed by atoms with Gasteiger partial charge in [0.15, 0.2) is 5.76 Å². The molecule has 0 amide bonds. The van der Waals surface area contributed by atoms with Gasteiger partial charge in [-0.25, -0.2) is 4.99 Å². The molecule has 0 aromatic rings. The van der Waals surface area contributed by atoms with Crippen LogP contribution in [-0.2, 0) is 9.47 Å². The van der Waals surface area contributed by atoms with E-state index < -0.39 is 0 Å². The average molecular weight is 139 g/mol. The van der Waals surface area contributed by atoms with Gasteiger partial charge in [0.25, 0.3) is 5.88 Å². The fourth-order valence-electron chi connectivity index (χ4n) is 1.08. The van der Waals surface area contributed by atoms with E-state index in [-0.39, 0.29) is 0 Å². The van der Waals surface area contributed by atoms with Gasteiger partial charge < -0.3 is 9.47 Å². The van der Waals surface area contributed by atoms with E-state index in [1.807, 2.05) is 6.21 Å². The number of hydrogen-bond donors (Lipinski definition) is 0. The molecule has 2 aliphatic heterocycles. The zero-order chi connectivity index (χ0) is 6.81. The number of ether oxygens (including phenoxy) is 2. The second-order valence-electron chi connectivity index (χ2n) is 2.28. The second-order valence-corrected chi connectivity index (χ2v) is 2.28. The van der Waals surface area contributed by atoms with Crippen LogP contribution >= 0.6 is 0 Å². The van der Waals surface area contributed by atoms with Gasteiger partial charge in [0.1, 0.15) is 13.2 Å². The van der Waals surface area contributed by atoms with Crippen LogP contribution in [0.2, 0.25) is 0 Å². The first kappa shape index (κ1) is 5.77. The lowest BCUT2D eigenvalue weighted by atomic mass is 10.2. The summed E-state index contributed by atoms with van der Waals surface area (Å²) >= 11 is 0. The largest absolute Gasteiger partial charge is 0.489 e. The predicted molar refractivity (Wildman–Crippen MR) is 36.7 cm³/mol. The maximum atomic E-state index is 5.32. The fourth-order valence-corrected chi connectivity index (χ4v) is 1.08. The normalized spacial score (nSPS) is 23.2. The molecule has 3 heteroatoms. The van der Waals surface area contributed by atoms with E-state index in [1.54, 1.807) is 0 Å². The highest BCUT2D eigenvalue weighted by molar-refractivity contribution is 5.60. The lowest BCUT2D eigenvalue weighted by molar-refractivity contribution is 0.0556. The predicted octanol–water partition coefficient (Wildman–Crippen LogP) is 1.07. The monoisotopic (exact) mass is 139 g/mol. The van der Waals surface area contributed by atoms with Crippen molar-refractivity contribution in [3.63, 3.8) is 0 Å². The third kappa shape index (κ3) is 0.875. The topological polar surface area (TPSA) is 30.8 Å². The van der Waals surface area contributed by atoms with E-state index in [9.17, 15) is 0 Å². The molecule has 0 spiro atoms. The van der Waals surface area contributed by atoms with Gasteiger partial charge in [-0.15, -0.1) is 0 Å². The fraction of sp³-hybridized carbons (Fsp3) is 0.571. The van der Waals surface area contributed by atoms with Gasteiger partial charge in [-0.2, -0.15) is 0 Å². The molecule has 2 aliphatic rings. The molecule has 0 saturated heterocycles. The first-order valence-electron chi connectivity index (χ1n) is 3.48. The molecule has 2 rings (SSSR count). The molecule has 0 radical (unpaired) electrons. The minimum absolute atomic E-state index is 0.635. The van der Waals surface area contributed by atoms with Crippen molar-refractivity contribution in [2.24, 2.45) is 4.99 Å². The zero-order valence-corrected chi connectivity index (χ0v) is 5.67. The summed E-state index contributed by atoms with van der Waals surface area (Å²) in [6.07, 6.45) is 3.79. The highest BCUT2D eigenvalue weighted by atomic mass is 16.6. The Balaban J connectivity index is 2.23. The molecule has 0 aromatic heterocycles. The standard InChI is InChI=1S/C7H9NO2/c1-2-6-7(8-3-1)10-5-4-9-6/h3H,1-2,4-5H2. The molecule has 0 aliphatic carbocycles. The Morgan fingerprint density at radius 1 is 1.30 bits per heavy atom. The van der Waals surface area contributed by atoms with Gasteiger partial charge in [0.05, 0.1) is 0 Å².